The number of hydrogen-bond acceptors (Lipinski definition) is 2. The van der Waals surface area contributed by atoms with E-state index in [1.807, 2.05) is 6.92 Å². The summed E-state index contributed by atoms with van der Waals surface area (Å²) in [5, 5.41) is 0. The van der Waals surface area contributed by atoms with Gasteiger partial charge in [-0.15, -0.1) is 0 Å². The number of Topliss-reactive ketones (excluding diaryl/α,β-unsaturated/α-hetero) is 1. The molecule has 1 aliphatic rings. The molecule has 2 heteroatoms. The van der Waals surface area contributed by atoms with Crippen LogP contribution >= 0.6 is 0 Å². The van der Waals surface area contributed by atoms with E-state index >= 15 is 0 Å². The first kappa shape index (κ1) is 6.75. The van der Waals surface area contributed by atoms with Gasteiger partial charge >= 0.3 is 0 Å². The van der Waals surface area contributed by atoms with Crippen LogP contribution in [0.4, 0.5) is 0 Å². The van der Waals surface area contributed by atoms with Crippen LogP contribution in [0.15, 0.2) is 0 Å². The van der Waals surface area contributed by atoms with Gasteiger partial charge < -0.3 is 4.74 Å². The minimum Gasteiger partial charge on any atom is -0.378 e. The topological polar surface area (TPSA) is 26.3 Å². The Bertz CT molecular complexity index is 120. The van der Waals surface area contributed by atoms with Crippen molar-refractivity contribution < 1.29 is 9.53 Å². The summed E-state index contributed by atoms with van der Waals surface area (Å²) in [5.74, 6) is 0.435. The molecule has 0 saturated carbocycles. The molecule has 0 aromatic carbocycles. The third kappa shape index (κ3) is 1.30. The van der Waals surface area contributed by atoms with Gasteiger partial charge in [0.1, 0.15) is 5.78 Å². The van der Waals surface area contributed by atoms with Crippen LogP contribution in [0.1, 0.15) is 20.3 Å². The average Bonchev–Trinajstić information content (AvgIpc) is 2.13. The van der Waals surface area contributed by atoms with E-state index in [-0.39, 0.29) is 17.8 Å². The Morgan fingerprint density at radius 3 is 2.56 bits per heavy atom. The largest absolute Gasteiger partial charge is 0.378 e. The number of hydrogen-bond donors (Lipinski definition) is 0. The molecule has 0 aromatic heterocycles. The van der Waals surface area contributed by atoms with Crippen molar-refractivity contribution in [3.63, 3.8) is 0 Å². The molecule has 1 heterocycles. The molecule has 0 aromatic rings. The normalized spacial score (nSPS) is 34.9. The summed E-state index contributed by atoms with van der Waals surface area (Å²) < 4.78 is 5.21. The molecular formula is C7H12O2. The Balaban J connectivity index is 2.49. The summed E-state index contributed by atoms with van der Waals surface area (Å²) >= 11 is 0. The molecule has 2 atom stereocenters. The molecule has 0 radical (unpaired) electrons. The Morgan fingerprint density at radius 2 is 2.33 bits per heavy atom. The van der Waals surface area contributed by atoms with Crippen molar-refractivity contribution in [3.05, 3.63) is 0 Å². The van der Waals surface area contributed by atoms with E-state index in [1.165, 1.54) is 0 Å². The third-order valence-corrected chi connectivity index (χ3v) is 1.90. The molecule has 1 saturated heterocycles. The average molecular weight is 128 g/mol. The van der Waals surface area contributed by atoms with Crippen molar-refractivity contribution in [2.45, 2.75) is 26.4 Å². The van der Waals surface area contributed by atoms with E-state index in [4.69, 9.17) is 4.74 Å². The van der Waals surface area contributed by atoms with Crippen LogP contribution in [0.5, 0.6) is 0 Å². The fourth-order valence-electron chi connectivity index (χ4n) is 1.27. The zero-order valence-corrected chi connectivity index (χ0v) is 5.89. The molecule has 1 fully saturated rings. The highest BCUT2D eigenvalue weighted by molar-refractivity contribution is 5.79. The first-order valence-corrected chi connectivity index (χ1v) is 3.34. The summed E-state index contributed by atoms with van der Waals surface area (Å²) in [5.41, 5.74) is 0. The van der Waals surface area contributed by atoms with Crippen LogP contribution < -0.4 is 0 Å². The van der Waals surface area contributed by atoms with E-state index in [2.05, 4.69) is 0 Å². The van der Waals surface area contributed by atoms with E-state index in [0.29, 0.717) is 0 Å². The molecule has 1 rings (SSSR count). The summed E-state index contributed by atoms with van der Waals surface area (Å²) in [6.07, 6.45) is 1.07. The molecule has 0 amide bonds. The monoisotopic (exact) mass is 128 g/mol. The van der Waals surface area contributed by atoms with Gasteiger partial charge in [0.05, 0.1) is 6.10 Å². The van der Waals surface area contributed by atoms with Gasteiger partial charge in [-0.25, -0.2) is 0 Å². The number of rotatable bonds is 1. The Labute approximate surface area is 55.2 Å². The second kappa shape index (κ2) is 2.48. The standard InChI is InChI=1S/C7H12O2/c1-5(8)7-3-4-9-6(7)2/h6-7H,3-4H2,1-2H3/t6-,7-/m0/s1. The van der Waals surface area contributed by atoms with Crippen LogP contribution in [0.25, 0.3) is 0 Å². The van der Waals surface area contributed by atoms with Gasteiger partial charge in [-0.2, -0.15) is 0 Å². The fourth-order valence-corrected chi connectivity index (χ4v) is 1.27. The maximum absolute atomic E-state index is 10.8. The highest BCUT2D eigenvalue weighted by Gasteiger charge is 2.27. The van der Waals surface area contributed by atoms with Gasteiger partial charge in [0.15, 0.2) is 0 Å². The number of carbonyl (C=O) groups is 1. The molecule has 0 aliphatic carbocycles. The summed E-state index contributed by atoms with van der Waals surface area (Å²) in [6.45, 7) is 4.35. The van der Waals surface area contributed by atoms with Crippen LogP contribution in [0.3, 0.4) is 0 Å². The molecule has 1 aliphatic heterocycles. The minimum atomic E-state index is 0.155. The van der Waals surface area contributed by atoms with E-state index < -0.39 is 0 Å². The maximum atomic E-state index is 10.8. The predicted molar refractivity (Wildman–Crippen MR) is 34.2 cm³/mol. The molecule has 0 unspecified atom stereocenters. The highest BCUT2D eigenvalue weighted by atomic mass is 16.5. The number of ketones is 1. The summed E-state index contributed by atoms with van der Waals surface area (Å²) in [7, 11) is 0. The second-order valence-electron chi connectivity index (χ2n) is 2.58. The van der Waals surface area contributed by atoms with Gasteiger partial charge in [0, 0.05) is 12.5 Å². The minimum absolute atomic E-state index is 0.155. The fraction of sp³-hybridized carbons (Fsp3) is 0.857. The second-order valence-corrected chi connectivity index (χ2v) is 2.58. The van der Waals surface area contributed by atoms with Crippen molar-refractivity contribution in [3.8, 4) is 0 Å². The first-order valence-electron chi connectivity index (χ1n) is 3.34. The molecule has 0 N–H and O–H groups in total. The van der Waals surface area contributed by atoms with Crippen molar-refractivity contribution in [2.24, 2.45) is 5.92 Å². The van der Waals surface area contributed by atoms with Gasteiger partial charge in [0.25, 0.3) is 0 Å². The number of ether oxygens (including phenoxy) is 1. The quantitative estimate of drug-likeness (QED) is 0.526. The van der Waals surface area contributed by atoms with E-state index in [1.54, 1.807) is 6.92 Å². The lowest BCUT2D eigenvalue weighted by Crippen LogP contribution is -2.18. The lowest BCUT2D eigenvalue weighted by molar-refractivity contribution is -0.122. The lowest BCUT2D eigenvalue weighted by atomic mass is 9.99. The van der Waals surface area contributed by atoms with Crippen molar-refractivity contribution in [1.82, 2.24) is 0 Å². The smallest absolute Gasteiger partial charge is 0.135 e. The molecule has 52 valence electrons. The Morgan fingerprint density at radius 1 is 1.67 bits per heavy atom. The van der Waals surface area contributed by atoms with Crippen LogP contribution in [0, 0.1) is 5.92 Å². The number of carbonyl (C=O) groups excluding carboxylic acids is 1. The molecule has 9 heavy (non-hydrogen) atoms. The Hall–Kier alpha value is -0.370. The van der Waals surface area contributed by atoms with Crippen LogP contribution in [0.2, 0.25) is 0 Å². The van der Waals surface area contributed by atoms with Crippen molar-refractivity contribution in [1.29, 1.82) is 0 Å². The zero-order valence-electron chi connectivity index (χ0n) is 5.89. The first-order chi connectivity index (χ1) is 4.22. The summed E-state index contributed by atoms with van der Waals surface area (Å²) in [4.78, 5) is 10.8. The zero-order chi connectivity index (χ0) is 6.85. The van der Waals surface area contributed by atoms with E-state index in [0.717, 1.165) is 13.0 Å². The summed E-state index contributed by atoms with van der Waals surface area (Å²) in [6, 6.07) is 0. The van der Waals surface area contributed by atoms with Gasteiger partial charge in [-0.1, -0.05) is 0 Å². The maximum Gasteiger partial charge on any atom is 0.135 e. The molecular weight excluding hydrogens is 116 g/mol. The molecule has 2 nitrogen and oxygen atoms in total. The lowest BCUT2D eigenvalue weighted by Gasteiger charge is -2.08. The molecule has 0 spiro atoms. The predicted octanol–water partition coefficient (Wildman–Crippen LogP) is 1.00. The Kier molecular flexibility index (Phi) is 1.86. The van der Waals surface area contributed by atoms with Gasteiger partial charge in [0.2, 0.25) is 0 Å². The SMILES string of the molecule is CC(=O)[C@@H]1CCO[C@H]1C. The molecule has 0 bridgehead atoms. The van der Waals surface area contributed by atoms with Crippen molar-refractivity contribution in [2.75, 3.05) is 6.61 Å². The van der Waals surface area contributed by atoms with Crippen LogP contribution in [-0.2, 0) is 9.53 Å². The van der Waals surface area contributed by atoms with Gasteiger partial charge in [-0.3, -0.25) is 4.79 Å². The third-order valence-electron chi connectivity index (χ3n) is 1.90. The van der Waals surface area contributed by atoms with E-state index in [9.17, 15) is 4.79 Å². The van der Waals surface area contributed by atoms with Crippen LogP contribution in [-0.4, -0.2) is 18.5 Å². The highest BCUT2D eigenvalue weighted by Crippen LogP contribution is 2.20. The van der Waals surface area contributed by atoms with Gasteiger partial charge in [-0.05, 0) is 20.3 Å². The van der Waals surface area contributed by atoms with Crippen molar-refractivity contribution >= 4 is 5.78 Å².